The van der Waals surface area contributed by atoms with Crippen LogP contribution >= 0.6 is 0 Å². The molecule has 1 amide bonds. The number of amides is 1. The van der Waals surface area contributed by atoms with Crippen molar-refractivity contribution in [1.29, 1.82) is 0 Å². The Kier molecular flexibility index (Phi) is 4.30. The Labute approximate surface area is 106 Å². The molecule has 1 saturated heterocycles. The second-order valence-corrected chi connectivity index (χ2v) is 4.43. The first-order valence-corrected chi connectivity index (χ1v) is 5.93. The van der Waals surface area contributed by atoms with Crippen molar-refractivity contribution in [3.63, 3.8) is 0 Å². The maximum absolute atomic E-state index is 12.0. The van der Waals surface area contributed by atoms with Crippen LogP contribution in [0.5, 0.6) is 0 Å². The van der Waals surface area contributed by atoms with Crippen molar-refractivity contribution in [2.45, 2.75) is 12.6 Å². The average molecular weight is 250 g/mol. The van der Waals surface area contributed by atoms with Gasteiger partial charge in [-0.25, -0.2) is 0 Å². The molecule has 5 nitrogen and oxygen atoms in total. The average Bonchev–Trinajstić information content (AvgIpc) is 2.76. The van der Waals surface area contributed by atoms with Crippen LogP contribution in [0, 0.1) is 5.92 Å². The van der Waals surface area contributed by atoms with Crippen LogP contribution < -0.4 is 11.1 Å². The fourth-order valence-electron chi connectivity index (χ4n) is 1.98. The van der Waals surface area contributed by atoms with Crippen molar-refractivity contribution < 1.29 is 14.3 Å². The van der Waals surface area contributed by atoms with Crippen LogP contribution in [0.15, 0.2) is 24.3 Å². The molecule has 1 aliphatic rings. The zero-order chi connectivity index (χ0) is 13.0. The quantitative estimate of drug-likeness (QED) is 0.827. The third-order valence-corrected chi connectivity index (χ3v) is 2.97. The van der Waals surface area contributed by atoms with E-state index in [4.69, 9.17) is 15.2 Å². The summed E-state index contributed by atoms with van der Waals surface area (Å²) in [5.41, 5.74) is 7.58. The summed E-state index contributed by atoms with van der Waals surface area (Å²) in [5, 5.41) is 2.86. The SMILES string of the molecule is COCc1cccc(NC(=O)C2COCC2N)c1. The number of nitrogens with two attached hydrogens (primary N) is 1. The highest BCUT2D eigenvalue weighted by Crippen LogP contribution is 2.16. The molecular formula is C13H18N2O3. The van der Waals surface area contributed by atoms with E-state index in [0.29, 0.717) is 19.8 Å². The number of hydrogen-bond donors (Lipinski definition) is 2. The van der Waals surface area contributed by atoms with Crippen LogP contribution in [0.2, 0.25) is 0 Å². The van der Waals surface area contributed by atoms with E-state index in [0.717, 1.165) is 11.3 Å². The second-order valence-electron chi connectivity index (χ2n) is 4.43. The highest BCUT2D eigenvalue weighted by molar-refractivity contribution is 5.93. The van der Waals surface area contributed by atoms with Crippen molar-refractivity contribution in [1.82, 2.24) is 0 Å². The normalized spacial score (nSPS) is 23.0. The zero-order valence-corrected chi connectivity index (χ0v) is 10.4. The van der Waals surface area contributed by atoms with Crippen LogP contribution in [-0.4, -0.2) is 32.3 Å². The van der Waals surface area contributed by atoms with E-state index in [1.54, 1.807) is 7.11 Å². The Balaban J connectivity index is 2.00. The Morgan fingerprint density at radius 3 is 3.06 bits per heavy atom. The number of anilines is 1. The molecule has 3 N–H and O–H groups in total. The summed E-state index contributed by atoms with van der Waals surface area (Å²) in [6.07, 6.45) is 0. The van der Waals surface area contributed by atoms with Crippen LogP contribution in [-0.2, 0) is 20.9 Å². The van der Waals surface area contributed by atoms with E-state index < -0.39 is 0 Å². The Bertz CT molecular complexity index is 422. The lowest BCUT2D eigenvalue weighted by Crippen LogP contribution is -2.37. The molecule has 0 bridgehead atoms. The summed E-state index contributed by atoms with van der Waals surface area (Å²) in [7, 11) is 1.64. The molecule has 5 heteroatoms. The lowest BCUT2D eigenvalue weighted by molar-refractivity contribution is -0.120. The summed E-state index contributed by atoms with van der Waals surface area (Å²) < 4.78 is 10.2. The number of carbonyl (C=O) groups excluding carboxylic acids is 1. The summed E-state index contributed by atoms with van der Waals surface area (Å²) in [5.74, 6) is -0.356. The first-order valence-electron chi connectivity index (χ1n) is 5.93. The van der Waals surface area contributed by atoms with Gasteiger partial charge < -0.3 is 20.5 Å². The van der Waals surface area contributed by atoms with Crippen LogP contribution in [0.3, 0.4) is 0 Å². The molecule has 2 atom stereocenters. The molecule has 98 valence electrons. The predicted octanol–water partition coefficient (Wildman–Crippen LogP) is 0.745. The molecule has 1 aromatic rings. The van der Waals surface area contributed by atoms with Gasteiger partial charge in [0.05, 0.1) is 25.7 Å². The fourth-order valence-corrected chi connectivity index (χ4v) is 1.98. The van der Waals surface area contributed by atoms with E-state index in [1.165, 1.54) is 0 Å². The van der Waals surface area contributed by atoms with Gasteiger partial charge in [0.1, 0.15) is 0 Å². The van der Waals surface area contributed by atoms with Gasteiger partial charge in [0.15, 0.2) is 0 Å². The standard InChI is InChI=1S/C13H18N2O3/c1-17-6-9-3-2-4-10(5-9)15-13(16)11-7-18-8-12(11)14/h2-5,11-12H,6-8,14H2,1H3,(H,15,16). The van der Waals surface area contributed by atoms with Gasteiger partial charge in [0.25, 0.3) is 0 Å². The third-order valence-electron chi connectivity index (χ3n) is 2.97. The van der Waals surface area contributed by atoms with Crippen molar-refractivity contribution in [3.05, 3.63) is 29.8 Å². The Hall–Kier alpha value is -1.43. The maximum Gasteiger partial charge on any atom is 0.231 e. The molecule has 18 heavy (non-hydrogen) atoms. The van der Waals surface area contributed by atoms with Gasteiger partial charge in [0, 0.05) is 18.8 Å². The monoisotopic (exact) mass is 250 g/mol. The second kappa shape index (κ2) is 5.95. The van der Waals surface area contributed by atoms with Gasteiger partial charge in [-0.05, 0) is 17.7 Å². The summed E-state index contributed by atoms with van der Waals surface area (Å²) in [4.78, 5) is 12.0. The van der Waals surface area contributed by atoms with Crippen LogP contribution in [0.1, 0.15) is 5.56 Å². The van der Waals surface area contributed by atoms with Crippen molar-refractivity contribution >= 4 is 11.6 Å². The minimum Gasteiger partial charge on any atom is -0.380 e. The number of rotatable bonds is 4. The van der Waals surface area contributed by atoms with E-state index in [1.807, 2.05) is 24.3 Å². The minimum atomic E-state index is -0.268. The van der Waals surface area contributed by atoms with Gasteiger partial charge in [0.2, 0.25) is 5.91 Å². The van der Waals surface area contributed by atoms with Crippen molar-refractivity contribution in [3.8, 4) is 0 Å². The lowest BCUT2D eigenvalue weighted by Gasteiger charge is -2.13. The maximum atomic E-state index is 12.0. The number of hydrogen-bond acceptors (Lipinski definition) is 4. The van der Waals surface area contributed by atoms with Gasteiger partial charge >= 0.3 is 0 Å². The molecule has 1 aliphatic heterocycles. The van der Waals surface area contributed by atoms with Gasteiger partial charge in [-0.15, -0.1) is 0 Å². The molecule has 0 aliphatic carbocycles. The first-order chi connectivity index (χ1) is 8.70. The minimum absolute atomic E-state index is 0.0884. The number of benzene rings is 1. The van der Waals surface area contributed by atoms with Gasteiger partial charge in [-0.3, -0.25) is 4.79 Å². The molecule has 0 spiro atoms. The smallest absolute Gasteiger partial charge is 0.231 e. The molecular weight excluding hydrogens is 232 g/mol. The van der Waals surface area contributed by atoms with E-state index in [-0.39, 0.29) is 17.9 Å². The highest BCUT2D eigenvalue weighted by Gasteiger charge is 2.31. The van der Waals surface area contributed by atoms with Crippen LogP contribution in [0.25, 0.3) is 0 Å². The highest BCUT2D eigenvalue weighted by atomic mass is 16.5. The summed E-state index contributed by atoms with van der Waals surface area (Å²) in [6.45, 7) is 1.36. The molecule has 0 saturated carbocycles. The summed E-state index contributed by atoms with van der Waals surface area (Å²) in [6, 6.07) is 7.35. The number of carbonyl (C=O) groups is 1. The molecule has 0 aromatic heterocycles. The lowest BCUT2D eigenvalue weighted by atomic mass is 10.0. The van der Waals surface area contributed by atoms with Crippen LogP contribution in [0.4, 0.5) is 5.69 Å². The van der Waals surface area contributed by atoms with E-state index in [2.05, 4.69) is 5.32 Å². The topological polar surface area (TPSA) is 73.6 Å². The number of ether oxygens (including phenoxy) is 2. The number of methoxy groups -OCH3 is 1. The molecule has 2 unspecified atom stereocenters. The molecule has 0 radical (unpaired) electrons. The fraction of sp³-hybridized carbons (Fsp3) is 0.462. The Morgan fingerprint density at radius 2 is 2.39 bits per heavy atom. The molecule has 2 rings (SSSR count). The predicted molar refractivity (Wildman–Crippen MR) is 68.1 cm³/mol. The third kappa shape index (κ3) is 3.07. The van der Waals surface area contributed by atoms with E-state index >= 15 is 0 Å². The summed E-state index contributed by atoms with van der Waals surface area (Å²) >= 11 is 0. The Morgan fingerprint density at radius 1 is 1.56 bits per heavy atom. The van der Waals surface area contributed by atoms with Gasteiger partial charge in [-0.2, -0.15) is 0 Å². The molecule has 1 fully saturated rings. The molecule has 1 aromatic carbocycles. The van der Waals surface area contributed by atoms with Crippen molar-refractivity contribution in [2.75, 3.05) is 25.6 Å². The van der Waals surface area contributed by atoms with E-state index in [9.17, 15) is 4.79 Å². The number of nitrogens with one attached hydrogen (secondary N) is 1. The zero-order valence-electron chi connectivity index (χ0n) is 10.4. The van der Waals surface area contributed by atoms with Crippen molar-refractivity contribution in [2.24, 2.45) is 11.7 Å². The van der Waals surface area contributed by atoms with Gasteiger partial charge in [-0.1, -0.05) is 12.1 Å². The molecule has 1 heterocycles. The largest absolute Gasteiger partial charge is 0.380 e. The first kappa shape index (κ1) is 13.0.